The van der Waals surface area contributed by atoms with Crippen LogP contribution < -0.4 is 21.1 Å². The Balaban J connectivity index is 2.23. The van der Waals surface area contributed by atoms with Gasteiger partial charge in [0.2, 0.25) is 0 Å². The van der Waals surface area contributed by atoms with Crippen molar-refractivity contribution >= 4 is 29.2 Å². The van der Waals surface area contributed by atoms with E-state index in [1.165, 1.54) is 0 Å². The van der Waals surface area contributed by atoms with Crippen molar-refractivity contribution in [2.24, 2.45) is 5.73 Å². The highest BCUT2D eigenvalue weighted by Crippen LogP contribution is 2.32. The van der Waals surface area contributed by atoms with Crippen molar-refractivity contribution in [1.82, 2.24) is 10.6 Å². The van der Waals surface area contributed by atoms with Crippen molar-refractivity contribution < 1.29 is 14.6 Å². The van der Waals surface area contributed by atoms with Crippen molar-refractivity contribution in [1.29, 1.82) is 0 Å². The molecular weight excluding hydrogens is 305 g/mol. The van der Waals surface area contributed by atoms with Gasteiger partial charge in [0.1, 0.15) is 12.7 Å². The zero-order valence-electron chi connectivity index (χ0n) is 10.7. The topological polar surface area (TPSA) is 96.6 Å². The number of para-hydroxylation sites is 1. The number of urea groups is 1. The Morgan fingerprint density at radius 1 is 1.35 bits per heavy atom. The van der Waals surface area contributed by atoms with Gasteiger partial charge in [-0.1, -0.05) is 29.3 Å². The smallest absolute Gasteiger partial charge is 0.312 e. The number of ether oxygens (including phenoxy) is 1. The molecule has 0 spiro atoms. The number of hydrogen-bond donors (Lipinski definition) is 4. The second kappa shape index (κ2) is 8.86. The summed E-state index contributed by atoms with van der Waals surface area (Å²) in [7, 11) is 0. The quantitative estimate of drug-likeness (QED) is 0.537. The number of nitrogens with two attached hydrogens (primary N) is 1. The van der Waals surface area contributed by atoms with E-state index in [4.69, 9.17) is 33.7 Å². The lowest BCUT2D eigenvalue weighted by atomic mass is 10.3. The fourth-order valence-corrected chi connectivity index (χ4v) is 1.91. The van der Waals surface area contributed by atoms with Crippen LogP contribution in [-0.2, 0) is 0 Å². The number of benzene rings is 1. The minimum Gasteiger partial charge on any atom is -0.488 e. The van der Waals surface area contributed by atoms with E-state index in [0.717, 1.165) is 0 Å². The Bertz CT molecular complexity index is 426. The van der Waals surface area contributed by atoms with Crippen LogP contribution >= 0.6 is 23.2 Å². The number of primary amides is 1. The summed E-state index contributed by atoms with van der Waals surface area (Å²) in [5.41, 5.74) is 4.90. The first-order valence-corrected chi connectivity index (χ1v) is 6.75. The summed E-state index contributed by atoms with van der Waals surface area (Å²) in [5, 5.41) is 15.9. The molecule has 0 aromatic heterocycles. The Kier molecular flexibility index (Phi) is 7.46. The van der Waals surface area contributed by atoms with E-state index >= 15 is 0 Å². The van der Waals surface area contributed by atoms with Crippen LogP contribution in [0.25, 0.3) is 0 Å². The van der Waals surface area contributed by atoms with Crippen molar-refractivity contribution in [3.8, 4) is 5.75 Å². The van der Waals surface area contributed by atoms with Crippen molar-refractivity contribution in [3.05, 3.63) is 28.2 Å². The maximum Gasteiger partial charge on any atom is 0.312 e. The number of aliphatic hydroxyl groups is 1. The number of carbonyl (C=O) groups is 1. The maximum atomic E-state index is 10.4. The fourth-order valence-electron chi connectivity index (χ4n) is 1.40. The van der Waals surface area contributed by atoms with Gasteiger partial charge in [-0.15, -0.1) is 0 Å². The molecule has 8 heteroatoms. The van der Waals surface area contributed by atoms with Gasteiger partial charge in [0.25, 0.3) is 0 Å². The van der Waals surface area contributed by atoms with Gasteiger partial charge in [-0.05, 0) is 12.1 Å². The van der Waals surface area contributed by atoms with Crippen LogP contribution in [0.15, 0.2) is 18.2 Å². The number of hydrogen-bond acceptors (Lipinski definition) is 4. The van der Waals surface area contributed by atoms with Gasteiger partial charge >= 0.3 is 6.03 Å². The molecule has 1 unspecified atom stereocenters. The number of aliphatic hydroxyl groups excluding tert-OH is 1. The van der Waals surface area contributed by atoms with Crippen LogP contribution in [0.2, 0.25) is 10.0 Å². The van der Waals surface area contributed by atoms with Crippen LogP contribution in [0.3, 0.4) is 0 Å². The standard InChI is InChI=1S/C12H17Cl2N3O3/c13-9-2-1-3-10(14)11(9)20-7-8(18)6-16-4-5-17-12(15)19/h1-3,8,16,18H,4-7H2,(H3,15,17,19). The Hall–Kier alpha value is -1.21. The molecule has 1 aromatic carbocycles. The van der Waals surface area contributed by atoms with Gasteiger partial charge in [0.05, 0.1) is 10.0 Å². The molecule has 6 nitrogen and oxygen atoms in total. The van der Waals surface area contributed by atoms with Crippen molar-refractivity contribution in [2.45, 2.75) is 6.10 Å². The monoisotopic (exact) mass is 321 g/mol. The van der Waals surface area contributed by atoms with Crippen molar-refractivity contribution in [3.63, 3.8) is 0 Å². The molecule has 0 saturated carbocycles. The van der Waals surface area contributed by atoms with E-state index in [0.29, 0.717) is 35.4 Å². The van der Waals surface area contributed by atoms with Gasteiger partial charge < -0.3 is 26.2 Å². The third kappa shape index (κ3) is 6.29. The third-order valence-corrected chi connectivity index (χ3v) is 2.92. The maximum absolute atomic E-state index is 10.4. The first-order chi connectivity index (χ1) is 9.50. The minimum absolute atomic E-state index is 0.0553. The van der Waals surface area contributed by atoms with Crippen LogP contribution in [0.5, 0.6) is 5.75 Å². The lowest BCUT2D eigenvalue weighted by Crippen LogP contribution is -2.38. The highest BCUT2D eigenvalue weighted by Gasteiger charge is 2.10. The van der Waals surface area contributed by atoms with Gasteiger partial charge in [0, 0.05) is 19.6 Å². The average Bonchev–Trinajstić information content (AvgIpc) is 2.37. The van der Waals surface area contributed by atoms with E-state index in [1.54, 1.807) is 18.2 Å². The number of halogens is 2. The number of rotatable bonds is 8. The summed E-state index contributed by atoms with van der Waals surface area (Å²) in [6, 6.07) is 4.44. The molecule has 5 N–H and O–H groups in total. The first kappa shape index (κ1) is 16.8. The molecule has 0 aliphatic carbocycles. The molecule has 2 amide bonds. The van der Waals surface area contributed by atoms with E-state index in [2.05, 4.69) is 10.6 Å². The summed E-state index contributed by atoms with van der Waals surface area (Å²) >= 11 is 11.9. The average molecular weight is 322 g/mol. The van der Waals surface area contributed by atoms with Gasteiger partial charge in [0.15, 0.2) is 5.75 Å². The van der Waals surface area contributed by atoms with E-state index in [9.17, 15) is 9.90 Å². The lowest BCUT2D eigenvalue weighted by Gasteiger charge is -2.14. The molecule has 0 bridgehead atoms. The summed E-state index contributed by atoms with van der Waals surface area (Å²) in [4.78, 5) is 10.4. The highest BCUT2D eigenvalue weighted by atomic mass is 35.5. The molecule has 1 atom stereocenters. The predicted molar refractivity (Wildman–Crippen MR) is 78.4 cm³/mol. The van der Waals surface area contributed by atoms with Crippen LogP contribution in [0.1, 0.15) is 0 Å². The summed E-state index contributed by atoms with van der Waals surface area (Å²) in [6.45, 7) is 1.24. The second-order valence-electron chi connectivity index (χ2n) is 4.01. The number of nitrogens with one attached hydrogen (secondary N) is 2. The molecule has 0 radical (unpaired) electrons. The summed E-state index contributed by atoms with van der Waals surface area (Å²) < 4.78 is 5.38. The van der Waals surface area contributed by atoms with Gasteiger partial charge in [-0.25, -0.2) is 4.79 Å². The largest absolute Gasteiger partial charge is 0.488 e. The Labute approximate surface area is 127 Å². The lowest BCUT2D eigenvalue weighted by molar-refractivity contribution is 0.107. The zero-order valence-corrected chi connectivity index (χ0v) is 12.2. The Morgan fingerprint density at radius 2 is 2.00 bits per heavy atom. The first-order valence-electron chi connectivity index (χ1n) is 5.99. The summed E-state index contributed by atoms with van der Waals surface area (Å²) in [5.74, 6) is 0.352. The molecule has 1 rings (SSSR count). The molecule has 0 saturated heterocycles. The SMILES string of the molecule is NC(=O)NCCNCC(O)COc1c(Cl)cccc1Cl. The second-order valence-corrected chi connectivity index (χ2v) is 4.83. The van der Waals surface area contributed by atoms with Gasteiger partial charge in [-0.2, -0.15) is 0 Å². The zero-order chi connectivity index (χ0) is 15.0. The molecule has 20 heavy (non-hydrogen) atoms. The van der Waals surface area contributed by atoms with Gasteiger partial charge in [-0.3, -0.25) is 0 Å². The van der Waals surface area contributed by atoms with Crippen LogP contribution in [0.4, 0.5) is 4.79 Å². The minimum atomic E-state index is -0.726. The molecule has 112 valence electrons. The Morgan fingerprint density at radius 3 is 2.60 bits per heavy atom. The molecular formula is C12H17Cl2N3O3. The van der Waals surface area contributed by atoms with E-state index in [-0.39, 0.29) is 6.61 Å². The molecule has 0 aliphatic rings. The highest BCUT2D eigenvalue weighted by molar-refractivity contribution is 6.37. The normalized spacial score (nSPS) is 11.9. The van der Waals surface area contributed by atoms with Crippen LogP contribution in [-0.4, -0.2) is 43.5 Å². The predicted octanol–water partition coefficient (Wildman–Crippen LogP) is 0.991. The molecule has 0 aliphatic heterocycles. The fraction of sp³-hybridized carbons (Fsp3) is 0.417. The van der Waals surface area contributed by atoms with Crippen molar-refractivity contribution in [2.75, 3.05) is 26.2 Å². The summed E-state index contributed by atoms with van der Waals surface area (Å²) in [6.07, 6.45) is -0.726. The number of carbonyl (C=O) groups excluding carboxylic acids is 1. The van der Waals surface area contributed by atoms with E-state index in [1.807, 2.05) is 0 Å². The van der Waals surface area contributed by atoms with Crippen LogP contribution in [0, 0.1) is 0 Å². The molecule has 0 heterocycles. The molecule has 0 fully saturated rings. The van der Waals surface area contributed by atoms with E-state index < -0.39 is 12.1 Å². The molecule has 1 aromatic rings. The third-order valence-electron chi connectivity index (χ3n) is 2.32. The number of amides is 2.